The Hall–Kier alpha value is -1.27. The highest BCUT2D eigenvalue weighted by Gasteiger charge is 2.05. The third-order valence-electron chi connectivity index (χ3n) is 2.34. The second-order valence-corrected chi connectivity index (χ2v) is 5.36. The maximum absolute atomic E-state index is 11.5. The number of non-ortho nitro benzene ring substituents is 1. The largest absolute Gasteiger partial charge is 0.330 e. The number of benzene rings is 1. The van der Waals surface area contributed by atoms with Gasteiger partial charge < -0.3 is 5.73 Å². The van der Waals surface area contributed by atoms with Crippen molar-refractivity contribution in [3.05, 3.63) is 39.9 Å². The van der Waals surface area contributed by atoms with E-state index in [4.69, 9.17) is 5.73 Å². The van der Waals surface area contributed by atoms with Gasteiger partial charge in [0.2, 0.25) is 0 Å². The first-order valence-electron chi connectivity index (χ1n) is 5.42. The minimum absolute atomic E-state index is 0.0815. The fourth-order valence-electron chi connectivity index (χ4n) is 1.36. The van der Waals surface area contributed by atoms with Crippen LogP contribution in [0.1, 0.15) is 12.0 Å². The van der Waals surface area contributed by atoms with E-state index in [2.05, 4.69) is 0 Å². The van der Waals surface area contributed by atoms with Gasteiger partial charge in [-0.15, -0.1) is 0 Å². The Morgan fingerprint density at radius 1 is 1.24 bits per heavy atom. The van der Waals surface area contributed by atoms with E-state index >= 15 is 0 Å². The van der Waals surface area contributed by atoms with Crippen molar-refractivity contribution in [1.29, 1.82) is 0 Å². The van der Waals surface area contributed by atoms with Crippen molar-refractivity contribution in [3.8, 4) is 0 Å². The van der Waals surface area contributed by atoms with Gasteiger partial charge in [-0.3, -0.25) is 14.3 Å². The maximum Gasteiger partial charge on any atom is 0.269 e. The molecular formula is C11H16N2O3S. The first-order valence-corrected chi connectivity index (χ1v) is 6.90. The molecule has 0 fully saturated rings. The zero-order valence-electron chi connectivity index (χ0n) is 9.50. The Kier molecular flexibility index (Phi) is 5.79. The number of nitro benzene ring substituents is 1. The van der Waals surface area contributed by atoms with Gasteiger partial charge in [0.1, 0.15) is 0 Å². The van der Waals surface area contributed by atoms with Gasteiger partial charge in [0, 0.05) is 34.4 Å². The van der Waals surface area contributed by atoms with Gasteiger partial charge in [0.15, 0.2) is 0 Å². The number of rotatable bonds is 7. The van der Waals surface area contributed by atoms with Crippen molar-refractivity contribution < 1.29 is 9.13 Å². The topological polar surface area (TPSA) is 86.2 Å². The lowest BCUT2D eigenvalue weighted by atomic mass is 10.1. The van der Waals surface area contributed by atoms with Crippen LogP contribution in [0.2, 0.25) is 0 Å². The molecule has 0 spiro atoms. The lowest BCUT2D eigenvalue weighted by Crippen LogP contribution is -2.09. The van der Waals surface area contributed by atoms with E-state index in [1.807, 2.05) is 0 Å². The number of nitro groups is 1. The van der Waals surface area contributed by atoms with Gasteiger partial charge in [-0.2, -0.15) is 0 Å². The molecule has 0 saturated heterocycles. The smallest absolute Gasteiger partial charge is 0.269 e. The van der Waals surface area contributed by atoms with Crippen LogP contribution in [0.3, 0.4) is 0 Å². The summed E-state index contributed by atoms with van der Waals surface area (Å²) in [7, 11) is -0.848. The Morgan fingerprint density at radius 3 is 2.41 bits per heavy atom. The summed E-state index contributed by atoms with van der Waals surface area (Å²) in [4.78, 5) is 10.0. The number of nitrogens with two attached hydrogens (primary N) is 1. The summed E-state index contributed by atoms with van der Waals surface area (Å²) in [6.45, 7) is 0.559. The van der Waals surface area contributed by atoms with Crippen LogP contribution >= 0.6 is 0 Å². The molecule has 0 amide bonds. The van der Waals surface area contributed by atoms with Gasteiger partial charge in [0.05, 0.1) is 4.92 Å². The zero-order valence-corrected chi connectivity index (χ0v) is 10.3. The van der Waals surface area contributed by atoms with E-state index in [-0.39, 0.29) is 5.69 Å². The third kappa shape index (κ3) is 5.06. The monoisotopic (exact) mass is 256 g/mol. The molecule has 1 aromatic rings. The summed E-state index contributed by atoms with van der Waals surface area (Å²) in [5.41, 5.74) is 6.38. The number of nitrogens with zero attached hydrogens (tertiary/aromatic N) is 1. The Bertz CT molecular complexity index is 392. The molecule has 1 rings (SSSR count). The molecule has 94 valence electrons. The molecule has 0 saturated carbocycles. The molecule has 0 aliphatic rings. The van der Waals surface area contributed by atoms with E-state index in [1.165, 1.54) is 12.1 Å². The van der Waals surface area contributed by atoms with Crippen molar-refractivity contribution in [2.75, 3.05) is 18.1 Å². The molecule has 5 nitrogen and oxygen atoms in total. The quantitative estimate of drug-likeness (QED) is 0.587. The second kappa shape index (κ2) is 7.13. The zero-order chi connectivity index (χ0) is 12.7. The van der Waals surface area contributed by atoms with Crippen molar-refractivity contribution in [2.45, 2.75) is 12.8 Å². The lowest BCUT2D eigenvalue weighted by molar-refractivity contribution is -0.384. The maximum atomic E-state index is 11.5. The SMILES string of the molecule is NCCCS(=O)CCc1ccc([N+](=O)[O-])cc1. The predicted octanol–water partition coefficient (Wildman–Crippen LogP) is 1.23. The number of aryl methyl sites for hydroxylation is 1. The average molecular weight is 256 g/mol. The highest BCUT2D eigenvalue weighted by Crippen LogP contribution is 2.12. The molecule has 0 aliphatic carbocycles. The normalized spacial score (nSPS) is 12.3. The van der Waals surface area contributed by atoms with E-state index in [9.17, 15) is 14.3 Å². The van der Waals surface area contributed by atoms with Crippen LogP contribution in [-0.2, 0) is 17.2 Å². The molecule has 0 radical (unpaired) electrons. The van der Waals surface area contributed by atoms with E-state index in [0.717, 1.165) is 12.0 Å². The third-order valence-corrected chi connectivity index (χ3v) is 3.75. The molecule has 0 heterocycles. The number of hydrogen-bond donors (Lipinski definition) is 1. The highest BCUT2D eigenvalue weighted by molar-refractivity contribution is 7.84. The summed E-state index contributed by atoms with van der Waals surface area (Å²) in [5.74, 6) is 1.21. The molecule has 0 bridgehead atoms. The summed E-state index contributed by atoms with van der Waals surface area (Å²) in [6, 6.07) is 6.35. The number of hydrogen-bond acceptors (Lipinski definition) is 4. The van der Waals surface area contributed by atoms with Crippen LogP contribution in [0, 0.1) is 10.1 Å². The van der Waals surface area contributed by atoms with Crippen molar-refractivity contribution in [2.24, 2.45) is 5.73 Å². The first-order chi connectivity index (χ1) is 8.13. The molecular weight excluding hydrogens is 240 g/mol. The van der Waals surface area contributed by atoms with Crippen molar-refractivity contribution in [1.82, 2.24) is 0 Å². The molecule has 0 aliphatic heterocycles. The molecule has 2 N–H and O–H groups in total. The van der Waals surface area contributed by atoms with Crippen LogP contribution in [0.25, 0.3) is 0 Å². The molecule has 1 aromatic carbocycles. The van der Waals surface area contributed by atoms with Crippen molar-refractivity contribution in [3.63, 3.8) is 0 Å². The minimum Gasteiger partial charge on any atom is -0.330 e. The molecule has 1 atom stereocenters. The Labute approximate surface area is 103 Å². The van der Waals surface area contributed by atoms with Gasteiger partial charge >= 0.3 is 0 Å². The minimum atomic E-state index is -0.848. The predicted molar refractivity (Wildman–Crippen MR) is 68.3 cm³/mol. The molecule has 17 heavy (non-hydrogen) atoms. The van der Waals surface area contributed by atoms with Gasteiger partial charge in [0.25, 0.3) is 5.69 Å². The molecule has 1 unspecified atom stereocenters. The van der Waals surface area contributed by atoms with E-state index in [0.29, 0.717) is 24.5 Å². The highest BCUT2D eigenvalue weighted by atomic mass is 32.2. The molecule has 0 aromatic heterocycles. The van der Waals surface area contributed by atoms with Gasteiger partial charge in [-0.05, 0) is 24.9 Å². The van der Waals surface area contributed by atoms with Gasteiger partial charge in [-0.1, -0.05) is 12.1 Å². The first kappa shape index (κ1) is 13.8. The van der Waals surface area contributed by atoms with Crippen LogP contribution in [0.5, 0.6) is 0 Å². The summed E-state index contributed by atoms with van der Waals surface area (Å²) in [5, 5.41) is 10.4. The van der Waals surface area contributed by atoms with E-state index < -0.39 is 15.7 Å². The molecule has 6 heteroatoms. The van der Waals surface area contributed by atoms with Crippen LogP contribution in [-0.4, -0.2) is 27.2 Å². The summed E-state index contributed by atoms with van der Waals surface area (Å²) >= 11 is 0. The van der Waals surface area contributed by atoms with Crippen LogP contribution in [0.15, 0.2) is 24.3 Å². The summed E-state index contributed by atoms with van der Waals surface area (Å²) < 4.78 is 11.5. The lowest BCUT2D eigenvalue weighted by Gasteiger charge is -2.02. The Balaban J connectivity index is 2.42. The van der Waals surface area contributed by atoms with Gasteiger partial charge in [-0.25, -0.2) is 0 Å². The Morgan fingerprint density at radius 2 is 1.88 bits per heavy atom. The van der Waals surface area contributed by atoms with Crippen LogP contribution in [0.4, 0.5) is 5.69 Å². The second-order valence-electron chi connectivity index (χ2n) is 3.66. The van der Waals surface area contributed by atoms with E-state index in [1.54, 1.807) is 12.1 Å². The fraction of sp³-hybridized carbons (Fsp3) is 0.455. The standard InChI is InChI=1S/C11H16N2O3S/c12-7-1-8-17(16)9-6-10-2-4-11(5-3-10)13(14)15/h2-5H,1,6-9,12H2. The van der Waals surface area contributed by atoms with Crippen LogP contribution < -0.4 is 5.73 Å². The average Bonchev–Trinajstić information content (AvgIpc) is 2.34. The fourth-order valence-corrected chi connectivity index (χ4v) is 2.52. The summed E-state index contributed by atoms with van der Waals surface area (Å²) in [6.07, 6.45) is 1.45. The van der Waals surface area contributed by atoms with Crippen molar-refractivity contribution >= 4 is 16.5 Å².